The highest BCUT2D eigenvalue weighted by Crippen LogP contribution is 2.21. The molecule has 5 nitrogen and oxygen atoms in total. The first-order valence-corrected chi connectivity index (χ1v) is 5.91. The van der Waals surface area contributed by atoms with Crippen LogP contribution in [0.3, 0.4) is 0 Å². The predicted octanol–water partition coefficient (Wildman–Crippen LogP) is 2.65. The zero-order valence-electron chi connectivity index (χ0n) is 10.9. The molecule has 0 amide bonds. The number of rotatable bonds is 5. The smallest absolute Gasteiger partial charge is 0.140 e. The first-order valence-electron chi connectivity index (χ1n) is 5.91. The van der Waals surface area contributed by atoms with Gasteiger partial charge in [-0.2, -0.15) is 5.26 Å². The van der Waals surface area contributed by atoms with Crippen LogP contribution in [0.4, 0.5) is 5.69 Å². The van der Waals surface area contributed by atoms with Gasteiger partial charge in [-0.15, -0.1) is 0 Å². The Bertz CT molecular complexity index is 569. The van der Waals surface area contributed by atoms with Gasteiger partial charge in [0.2, 0.25) is 0 Å². The van der Waals surface area contributed by atoms with E-state index >= 15 is 0 Å². The maximum atomic E-state index is 8.71. The quantitative estimate of drug-likeness (QED) is 0.891. The number of ether oxygens (including phenoxy) is 1. The molecule has 0 aliphatic rings. The molecule has 0 bridgehead atoms. The van der Waals surface area contributed by atoms with Gasteiger partial charge in [0.25, 0.3) is 0 Å². The maximum absolute atomic E-state index is 8.71. The number of anilines is 1. The van der Waals surface area contributed by atoms with E-state index in [-0.39, 0.29) is 6.04 Å². The van der Waals surface area contributed by atoms with Crippen LogP contribution in [0.15, 0.2) is 34.9 Å². The number of pyridine rings is 1. The first kappa shape index (κ1) is 13.1. The van der Waals surface area contributed by atoms with Gasteiger partial charge in [-0.25, -0.2) is 4.98 Å². The summed E-state index contributed by atoms with van der Waals surface area (Å²) >= 11 is 0. The van der Waals surface area contributed by atoms with Crippen molar-refractivity contribution in [2.45, 2.75) is 13.0 Å². The van der Waals surface area contributed by atoms with Crippen molar-refractivity contribution in [3.63, 3.8) is 0 Å². The SMILES string of the molecule is COCC(Nc1ccc(C#N)nc1)c1ccc(C)o1. The molecule has 0 aliphatic carbocycles. The number of nitrogens with zero attached hydrogens (tertiary/aromatic N) is 2. The third-order valence-corrected chi connectivity index (χ3v) is 2.66. The number of aromatic nitrogens is 1. The minimum atomic E-state index is -0.0894. The van der Waals surface area contributed by atoms with Crippen LogP contribution >= 0.6 is 0 Å². The fourth-order valence-corrected chi connectivity index (χ4v) is 1.75. The van der Waals surface area contributed by atoms with Crippen LogP contribution in [-0.2, 0) is 4.74 Å². The third kappa shape index (κ3) is 3.33. The molecular weight excluding hydrogens is 242 g/mol. The van der Waals surface area contributed by atoms with Gasteiger partial charge in [0.15, 0.2) is 0 Å². The molecule has 2 aromatic rings. The lowest BCUT2D eigenvalue weighted by Gasteiger charge is -2.16. The number of nitrogens with one attached hydrogen (secondary N) is 1. The van der Waals surface area contributed by atoms with E-state index < -0.39 is 0 Å². The molecule has 0 radical (unpaired) electrons. The van der Waals surface area contributed by atoms with Crippen molar-refractivity contribution in [3.8, 4) is 6.07 Å². The van der Waals surface area contributed by atoms with E-state index in [4.69, 9.17) is 14.4 Å². The van der Waals surface area contributed by atoms with Crippen LogP contribution in [0, 0.1) is 18.3 Å². The Hall–Kier alpha value is -2.32. The van der Waals surface area contributed by atoms with Crippen molar-refractivity contribution in [2.75, 3.05) is 19.0 Å². The fourth-order valence-electron chi connectivity index (χ4n) is 1.75. The van der Waals surface area contributed by atoms with Crippen molar-refractivity contribution >= 4 is 5.69 Å². The summed E-state index contributed by atoms with van der Waals surface area (Å²) in [5.74, 6) is 1.67. The lowest BCUT2D eigenvalue weighted by atomic mass is 10.2. The molecule has 2 aromatic heterocycles. The second-order valence-corrected chi connectivity index (χ2v) is 4.14. The van der Waals surface area contributed by atoms with Crippen LogP contribution in [0.25, 0.3) is 0 Å². The minimum absolute atomic E-state index is 0.0894. The summed E-state index contributed by atoms with van der Waals surface area (Å²) in [5.41, 5.74) is 1.21. The molecule has 2 heterocycles. The van der Waals surface area contributed by atoms with Crippen molar-refractivity contribution in [2.24, 2.45) is 0 Å². The summed E-state index contributed by atoms with van der Waals surface area (Å²) in [5, 5.41) is 12.0. The van der Waals surface area contributed by atoms with Gasteiger partial charge in [0, 0.05) is 7.11 Å². The Morgan fingerprint density at radius 3 is 2.79 bits per heavy atom. The van der Waals surface area contributed by atoms with Gasteiger partial charge >= 0.3 is 0 Å². The standard InChI is InChI=1S/C14H15N3O2/c1-10-3-6-14(19-10)13(9-18-2)17-12-5-4-11(7-15)16-8-12/h3-6,8,13,17H,9H2,1-2H3. The van der Waals surface area contributed by atoms with Crippen LogP contribution in [-0.4, -0.2) is 18.7 Å². The van der Waals surface area contributed by atoms with Crippen LogP contribution in [0.5, 0.6) is 0 Å². The number of nitriles is 1. The minimum Gasteiger partial charge on any atom is -0.464 e. The molecule has 0 saturated heterocycles. The number of hydrogen-bond acceptors (Lipinski definition) is 5. The second-order valence-electron chi connectivity index (χ2n) is 4.14. The molecule has 19 heavy (non-hydrogen) atoms. The topological polar surface area (TPSA) is 71.1 Å². The van der Waals surface area contributed by atoms with E-state index in [0.29, 0.717) is 12.3 Å². The average Bonchev–Trinajstić information content (AvgIpc) is 2.86. The molecule has 1 atom stereocenters. The first-order chi connectivity index (χ1) is 9.22. The third-order valence-electron chi connectivity index (χ3n) is 2.66. The molecule has 5 heteroatoms. The van der Waals surface area contributed by atoms with Crippen LogP contribution in [0.1, 0.15) is 23.3 Å². The number of furan rings is 1. The molecule has 1 N–H and O–H groups in total. The Morgan fingerprint density at radius 2 is 2.26 bits per heavy atom. The van der Waals surface area contributed by atoms with Crippen LogP contribution in [0.2, 0.25) is 0 Å². The summed E-state index contributed by atoms with van der Waals surface area (Å²) in [7, 11) is 1.64. The van der Waals surface area contributed by atoms with E-state index in [9.17, 15) is 0 Å². The van der Waals surface area contributed by atoms with Crippen molar-refractivity contribution in [3.05, 3.63) is 47.7 Å². The molecule has 0 saturated carbocycles. The molecular formula is C14H15N3O2. The monoisotopic (exact) mass is 257 g/mol. The fraction of sp³-hybridized carbons (Fsp3) is 0.286. The van der Waals surface area contributed by atoms with E-state index in [0.717, 1.165) is 17.2 Å². The highest BCUT2D eigenvalue weighted by molar-refractivity contribution is 5.44. The summed E-state index contributed by atoms with van der Waals surface area (Å²) in [6.07, 6.45) is 1.62. The van der Waals surface area contributed by atoms with E-state index in [1.54, 1.807) is 19.4 Å². The molecule has 0 fully saturated rings. The summed E-state index contributed by atoms with van der Waals surface area (Å²) in [6.45, 7) is 2.38. The van der Waals surface area contributed by atoms with Gasteiger partial charge in [-0.05, 0) is 31.2 Å². The lowest BCUT2D eigenvalue weighted by molar-refractivity contribution is 0.178. The average molecular weight is 257 g/mol. The lowest BCUT2D eigenvalue weighted by Crippen LogP contribution is -2.15. The summed E-state index contributed by atoms with van der Waals surface area (Å²) in [6, 6.07) is 9.21. The van der Waals surface area contributed by atoms with Gasteiger partial charge in [-0.1, -0.05) is 0 Å². The molecule has 0 aromatic carbocycles. The molecule has 98 valence electrons. The number of methoxy groups -OCH3 is 1. The zero-order valence-corrected chi connectivity index (χ0v) is 10.9. The molecule has 2 rings (SSSR count). The summed E-state index contributed by atoms with van der Waals surface area (Å²) in [4.78, 5) is 4.01. The number of aryl methyl sites for hydroxylation is 1. The summed E-state index contributed by atoms with van der Waals surface area (Å²) < 4.78 is 10.8. The maximum Gasteiger partial charge on any atom is 0.140 e. The Kier molecular flexibility index (Phi) is 4.16. The van der Waals surface area contributed by atoms with Gasteiger partial charge in [0.1, 0.15) is 29.3 Å². The largest absolute Gasteiger partial charge is 0.464 e. The normalized spacial score (nSPS) is 11.8. The zero-order chi connectivity index (χ0) is 13.7. The molecule has 1 unspecified atom stereocenters. The van der Waals surface area contributed by atoms with Gasteiger partial charge < -0.3 is 14.5 Å². The van der Waals surface area contributed by atoms with Crippen LogP contribution < -0.4 is 5.32 Å². The molecule has 0 spiro atoms. The Balaban J connectivity index is 2.14. The van der Waals surface area contributed by atoms with Crippen molar-refractivity contribution < 1.29 is 9.15 Å². The number of hydrogen-bond donors (Lipinski definition) is 1. The van der Waals surface area contributed by atoms with E-state index in [1.807, 2.05) is 31.2 Å². The van der Waals surface area contributed by atoms with Gasteiger partial charge in [-0.3, -0.25) is 0 Å². The van der Waals surface area contributed by atoms with Crippen molar-refractivity contribution in [1.82, 2.24) is 4.98 Å². The predicted molar refractivity (Wildman–Crippen MR) is 70.6 cm³/mol. The Morgan fingerprint density at radius 1 is 1.42 bits per heavy atom. The highest BCUT2D eigenvalue weighted by Gasteiger charge is 2.15. The molecule has 0 aliphatic heterocycles. The Labute approximate surface area is 111 Å². The highest BCUT2D eigenvalue weighted by atomic mass is 16.5. The second kappa shape index (κ2) is 6.03. The van der Waals surface area contributed by atoms with E-state index in [1.165, 1.54) is 0 Å². The van der Waals surface area contributed by atoms with Gasteiger partial charge in [0.05, 0.1) is 18.5 Å². The van der Waals surface area contributed by atoms with Crippen molar-refractivity contribution in [1.29, 1.82) is 5.26 Å². The van der Waals surface area contributed by atoms with E-state index in [2.05, 4.69) is 10.3 Å².